The molecule has 40 heavy (non-hydrogen) atoms. The molecule has 0 bridgehead atoms. The Morgan fingerprint density at radius 3 is 0.775 bits per heavy atom. The summed E-state index contributed by atoms with van der Waals surface area (Å²) in [5, 5.41) is 0. The van der Waals surface area contributed by atoms with Gasteiger partial charge in [0.1, 0.15) is 0 Å². The van der Waals surface area contributed by atoms with Crippen LogP contribution in [-0.2, 0) is 0 Å². The molecule has 0 aliphatic rings. The quantitative estimate of drug-likeness (QED) is 0.0684. The summed E-state index contributed by atoms with van der Waals surface area (Å²) >= 11 is 0. The van der Waals surface area contributed by atoms with E-state index in [1.54, 1.807) is 0 Å². The molecule has 3 unspecified atom stereocenters. The van der Waals surface area contributed by atoms with Gasteiger partial charge in [0.15, 0.2) is 0 Å². The maximum absolute atomic E-state index is 2.52. The largest absolute Gasteiger partial charge is 0.0654 e. The molecule has 0 heteroatoms. The Labute approximate surface area is 257 Å². The second-order valence-electron chi connectivity index (χ2n) is 14.5. The Morgan fingerprint density at radius 1 is 0.250 bits per heavy atom. The number of rotatable bonds is 34. The third-order valence-corrected chi connectivity index (χ3v) is 9.80. The molecule has 0 aromatic heterocycles. The smallest absolute Gasteiger partial charge is 0.0440 e. The Hall–Kier alpha value is 0. The first kappa shape index (κ1) is 40.0. The topological polar surface area (TPSA) is 0 Å². The second kappa shape index (κ2) is 33.5. The van der Waals surface area contributed by atoms with Gasteiger partial charge in [-0.1, -0.05) is 234 Å². The van der Waals surface area contributed by atoms with Gasteiger partial charge in [-0.25, -0.2) is 0 Å². The van der Waals surface area contributed by atoms with Crippen LogP contribution in [0.2, 0.25) is 0 Å². The zero-order valence-corrected chi connectivity index (χ0v) is 29.4. The minimum atomic E-state index is 0.940. The van der Waals surface area contributed by atoms with Gasteiger partial charge in [0.05, 0.1) is 0 Å². The lowest BCUT2D eigenvalue weighted by Crippen LogP contribution is -2.03. The van der Waals surface area contributed by atoms with Crippen LogP contribution in [0.4, 0.5) is 0 Å². The highest BCUT2D eigenvalue weighted by Gasteiger charge is 2.09. The summed E-state index contributed by atoms with van der Waals surface area (Å²) in [6.45, 7) is 12.1. The Bertz CT molecular complexity index is 439. The average molecular weight is 563 g/mol. The van der Waals surface area contributed by atoms with Crippen molar-refractivity contribution in [3.63, 3.8) is 0 Å². The fraction of sp³-hybridized carbons (Fsp3) is 1.00. The highest BCUT2D eigenvalue weighted by atomic mass is 14.1. The van der Waals surface area contributed by atoms with Gasteiger partial charge in [-0.3, -0.25) is 0 Å². The predicted octanol–water partition coefficient (Wildman–Crippen LogP) is 15.4. The van der Waals surface area contributed by atoms with Crippen LogP contribution in [0.3, 0.4) is 0 Å². The fourth-order valence-electron chi connectivity index (χ4n) is 6.88. The van der Waals surface area contributed by atoms with Crippen molar-refractivity contribution in [1.82, 2.24) is 0 Å². The molecule has 0 saturated carbocycles. The molecular weight excluding hydrogens is 480 g/mol. The SMILES string of the molecule is CCCCCCCCCCCCCCCCCCCCC(C)CC(C)CCCCCCCCCC(C)CCCC. The maximum atomic E-state index is 2.52. The lowest BCUT2D eigenvalue weighted by molar-refractivity contribution is 0.356. The summed E-state index contributed by atoms with van der Waals surface area (Å²) < 4.78 is 0. The van der Waals surface area contributed by atoms with Gasteiger partial charge in [-0.15, -0.1) is 0 Å². The normalized spacial score (nSPS) is 14.0. The van der Waals surface area contributed by atoms with E-state index in [2.05, 4.69) is 34.6 Å². The zero-order valence-electron chi connectivity index (χ0n) is 29.4. The molecule has 0 spiro atoms. The van der Waals surface area contributed by atoms with Crippen molar-refractivity contribution < 1.29 is 0 Å². The summed E-state index contributed by atoms with van der Waals surface area (Å²) in [5.41, 5.74) is 0. The van der Waals surface area contributed by atoms with Crippen molar-refractivity contribution in [1.29, 1.82) is 0 Å². The molecule has 0 saturated heterocycles. The van der Waals surface area contributed by atoms with Gasteiger partial charge in [-0.2, -0.15) is 0 Å². The molecule has 0 nitrogen and oxygen atoms in total. The van der Waals surface area contributed by atoms with Gasteiger partial charge >= 0.3 is 0 Å². The van der Waals surface area contributed by atoms with Crippen molar-refractivity contribution in [2.24, 2.45) is 17.8 Å². The van der Waals surface area contributed by atoms with Crippen LogP contribution in [0.1, 0.15) is 240 Å². The van der Waals surface area contributed by atoms with E-state index >= 15 is 0 Å². The highest BCUT2D eigenvalue weighted by Crippen LogP contribution is 2.23. The lowest BCUT2D eigenvalue weighted by atomic mass is 9.89. The highest BCUT2D eigenvalue weighted by molar-refractivity contribution is 4.62. The van der Waals surface area contributed by atoms with E-state index < -0.39 is 0 Å². The molecule has 0 N–H and O–H groups in total. The molecular formula is C40H82. The summed E-state index contributed by atoms with van der Waals surface area (Å²) in [6.07, 6.45) is 47.0. The predicted molar refractivity (Wildman–Crippen MR) is 187 cm³/mol. The van der Waals surface area contributed by atoms with Gasteiger partial charge in [-0.05, 0) is 24.2 Å². The van der Waals surface area contributed by atoms with Gasteiger partial charge in [0.25, 0.3) is 0 Å². The molecule has 0 amide bonds. The first-order chi connectivity index (χ1) is 19.6. The third kappa shape index (κ3) is 32.5. The van der Waals surface area contributed by atoms with Crippen LogP contribution in [0, 0.1) is 17.8 Å². The van der Waals surface area contributed by atoms with Crippen molar-refractivity contribution in [2.45, 2.75) is 240 Å². The van der Waals surface area contributed by atoms with Gasteiger partial charge in [0.2, 0.25) is 0 Å². The van der Waals surface area contributed by atoms with E-state index in [1.165, 1.54) is 205 Å². The van der Waals surface area contributed by atoms with Crippen LogP contribution in [0.25, 0.3) is 0 Å². The number of unbranched alkanes of at least 4 members (excludes halogenated alkanes) is 24. The van der Waals surface area contributed by atoms with Crippen LogP contribution in [0.15, 0.2) is 0 Å². The first-order valence-corrected chi connectivity index (χ1v) is 19.6. The Kier molecular flexibility index (Phi) is 33.5. The summed E-state index contributed by atoms with van der Waals surface area (Å²) in [7, 11) is 0. The monoisotopic (exact) mass is 563 g/mol. The van der Waals surface area contributed by atoms with E-state index in [4.69, 9.17) is 0 Å². The minimum Gasteiger partial charge on any atom is -0.0654 e. The average Bonchev–Trinajstić information content (AvgIpc) is 2.94. The van der Waals surface area contributed by atoms with Crippen LogP contribution in [0.5, 0.6) is 0 Å². The lowest BCUT2D eigenvalue weighted by Gasteiger charge is -2.17. The molecule has 0 aliphatic carbocycles. The van der Waals surface area contributed by atoms with E-state index in [1.807, 2.05) is 0 Å². The molecule has 0 aromatic carbocycles. The van der Waals surface area contributed by atoms with Crippen LogP contribution < -0.4 is 0 Å². The second-order valence-corrected chi connectivity index (χ2v) is 14.5. The van der Waals surface area contributed by atoms with E-state index in [-0.39, 0.29) is 0 Å². The molecule has 0 aliphatic heterocycles. The molecule has 0 rings (SSSR count). The zero-order chi connectivity index (χ0) is 29.4. The number of hydrogen-bond donors (Lipinski definition) is 0. The maximum Gasteiger partial charge on any atom is -0.0440 e. The van der Waals surface area contributed by atoms with Crippen molar-refractivity contribution in [3.05, 3.63) is 0 Å². The number of hydrogen-bond acceptors (Lipinski definition) is 0. The van der Waals surface area contributed by atoms with Gasteiger partial charge in [0, 0.05) is 0 Å². The summed E-state index contributed by atoms with van der Waals surface area (Å²) in [5.74, 6) is 2.84. The molecule has 0 heterocycles. The Morgan fingerprint density at radius 2 is 0.475 bits per heavy atom. The van der Waals surface area contributed by atoms with Crippen molar-refractivity contribution in [3.8, 4) is 0 Å². The molecule has 0 fully saturated rings. The fourth-order valence-corrected chi connectivity index (χ4v) is 6.88. The molecule has 0 radical (unpaired) electrons. The Balaban J connectivity index is 3.29. The van der Waals surface area contributed by atoms with E-state index in [0.717, 1.165) is 17.8 Å². The third-order valence-electron chi connectivity index (χ3n) is 9.80. The van der Waals surface area contributed by atoms with Crippen LogP contribution in [-0.4, -0.2) is 0 Å². The van der Waals surface area contributed by atoms with Crippen LogP contribution >= 0.6 is 0 Å². The summed E-state index contributed by atoms with van der Waals surface area (Å²) in [6, 6.07) is 0. The minimum absolute atomic E-state index is 0.940. The standard InChI is InChI=1S/C40H82/c1-6-8-10-11-12-13-14-15-16-17-18-19-20-21-22-24-28-31-35-39(4)37-40(5)36-32-29-26-23-25-27-30-34-38(3)33-9-7-2/h38-40H,6-37H2,1-5H3. The first-order valence-electron chi connectivity index (χ1n) is 19.6. The summed E-state index contributed by atoms with van der Waals surface area (Å²) in [4.78, 5) is 0. The molecule has 3 atom stereocenters. The molecule has 242 valence electrons. The molecule has 0 aromatic rings. The van der Waals surface area contributed by atoms with Gasteiger partial charge < -0.3 is 0 Å². The van der Waals surface area contributed by atoms with E-state index in [0.29, 0.717) is 0 Å². The van der Waals surface area contributed by atoms with Crippen molar-refractivity contribution in [2.75, 3.05) is 0 Å². The van der Waals surface area contributed by atoms with Crippen molar-refractivity contribution >= 4 is 0 Å². The van der Waals surface area contributed by atoms with E-state index in [9.17, 15) is 0 Å².